The highest BCUT2D eigenvalue weighted by Crippen LogP contribution is 2.46. The Kier molecular flexibility index (Phi) is 24.1. The number of alkyl carbamates (subject to hydrolysis) is 3. The van der Waals surface area contributed by atoms with E-state index < -0.39 is 183 Å². The van der Waals surface area contributed by atoms with Crippen LogP contribution in [0.2, 0.25) is 0 Å². The van der Waals surface area contributed by atoms with Crippen LogP contribution in [-0.2, 0) is 49.4 Å². The highest BCUT2D eigenvalue weighted by atomic mass is 16.6. The van der Waals surface area contributed by atoms with E-state index in [0.29, 0.717) is 0 Å². The van der Waals surface area contributed by atoms with Crippen molar-refractivity contribution in [1.29, 1.82) is 0 Å². The topological polar surface area (TPSA) is 423 Å². The van der Waals surface area contributed by atoms with Crippen LogP contribution in [0, 0.1) is 5.92 Å². The lowest BCUT2D eigenvalue weighted by molar-refractivity contribution is -0.147. The lowest BCUT2D eigenvalue weighted by Gasteiger charge is -2.34. The molecule has 2 aliphatic carbocycles. The second-order valence-corrected chi connectivity index (χ2v) is 27.5. The van der Waals surface area contributed by atoms with Crippen LogP contribution in [-0.4, -0.2) is 230 Å². The first kappa shape index (κ1) is 74.8. The fourth-order valence-corrected chi connectivity index (χ4v) is 13.8. The highest BCUT2D eigenvalue weighted by molar-refractivity contribution is 5.98. The number of hydrogen-bond acceptors (Lipinski definition) is 20. The summed E-state index contributed by atoms with van der Waals surface area (Å²) in [5.41, 5.74) is 7.14. The zero-order valence-electron chi connectivity index (χ0n) is 57.2. The van der Waals surface area contributed by atoms with Crippen LogP contribution in [0.15, 0.2) is 115 Å². The second kappa shape index (κ2) is 32.8. The molecule has 1 unspecified atom stereocenters. The molecule has 3 aliphatic heterocycles. The number of phenolic OH excluding ortho intramolecular Hbond substituents is 1. The van der Waals surface area contributed by atoms with E-state index in [-0.39, 0.29) is 68.2 Å². The van der Waals surface area contributed by atoms with Crippen molar-refractivity contribution in [3.8, 4) is 33.8 Å². The van der Waals surface area contributed by atoms with Gasteiger partial charge in [-0.05, 0) is 103 Å². The van der Waals surface area contributed by atoms with E-state index in [2.05, 4.69) is 37.2 Å². The number of carbonyl (C=O) groups is 9. The van der Waals surface area contributed by atoms with E-state index >= 15 is 9.59 Å². The zero-order valence-corrected chi connectivity index (χ0v) is 57.2. The molecule has 29 heteroatoms. The van der Waals surface area contributed by atoms with Gasteiger partial charge in [0, 0.05) is 69.7 Å². The Balaban J connectivity index is 0.895. The molecule has 0 aromatic heterocycles. The Morgan fingerprint density at radius 3 is 1.70 bits per heavy atom. The lowest BCUT2D eigenvalue weighted by atomic mass is 9.98. The summed E-state index contributed by atoms with van der Waals surface area (Å²) in [7, 11) is 0. The van der Waals surface area contributed by atoms with Gasteiger partial charge in [0.1, 0.15) is 55.1 Å². The van der Waals surface area contributed by atoms with Crippen LogP contribution in [0.3, 0.4) is 0 Å². The van der Waals surface area contributed by atoms with Gasteiger partial charge in [0.15, 0.2) is 11.5 Å². The van der Waals surface area contributed by atoms with Crippen LogP contribution in [0.4, 0.5) is 14.4 Å². The monoisotopic (exact) mass is 1410 g/mol. The van der Waals surface area contributed by atoms with Gasteiger partial charge in [-0.25, -0.2) is 14.4 Å². The first-order valence-corrected chi connectivity index (χ1v) is 34.2. The number of rotatable bonds is 18. The van der Waals surface area contributed by atoms with Crippen molar-refractivity contribution < 1.29 is 97.8 Å². The standard InChI is InChI=1S/C73H89N9O20/c1-38-34-82-62(63(38)89)67(93)76-33-41(84)31-53(77-72(98)102-73(3,4)5)64(90)78-59(39(2)83)68(94)81-35-42(85)32-54(81)65(91)79-60(66(92)80-61(69(82)95)56(87)25-27-75-71(97)101-37-52-49-21-12-8-17-45(49)46-18-9-13-22-50(46)52)57(88)29-40-23-24-55(86)58(30-40)99-28-14-26-74-70(96)100-36-51-47-19-10-6-15-43(47)44-16-7-11-20-48(44)51/h6-13,15-24,30,38-39,41-42,51-54,56-57,59-63,83-89H,14,25-29,31-37H2,1-5H3,(H,74,96)(H,75,97)(H,76,93)(H,77,98)(H,78,90)(H,79,91)(H,80,92)/t38-,39+,41+,42+,53?,54-,56+,57+,59-,60-,61-,62-,63-/m0/s1. The van der Waals surface area contributed by atoms with Crippen molar-refractivity contribution >= 4 is 53.7 Å². The first-order chi connectivity index (χ1) is 48.7. The third-order valence-electron chi connectivity index (χ3n) is 18.8. The van der Waals surface area contributed by atoms with Gasteiger partial charge in [0.2, 0.25) is 35.4 Å². The van der Waals surface area contributed by atoms with Gasteiger partial charge in [-0.1, -0.05) is 110 Å². The number of benzene rings is 5. The number of aliphatic hydroxyl groups excluding tert-OH is 6. The molecular formula is C73H89N9O20. The number of phenols is 1. The molecule has 3 fully saturated rings. The lowest BCUT2D eigenvalue weighted by Crippen LogP contribution is -2.64. The Morgan fingerprint density at radius 1 is 0.608 bits per heavy atom. The average molecular weight is 1410 g/mol. The van der Waals surface area contributed by atoms with E-state index in [1.807, 2.05) is 97.1 Å². The molecule has 546 valence electrons. The second-order valence-electron chi connectivity index (χ2n) is 27.5. The SMILES string of the molecule is C[C@@H](O)[C@@H]1NC(=O)C(NC(=O)OC(C)(C)C)C[C@@H](O)CNC(=O)[C@@H]2[C@@H](O)[C@@H](C)CN2C(=O)[C@H]([C@H](O)CCNC(=O)OCC2c3ccccc3-c3ccccc32)NC(=O)[C@H]([C@H](O)Cc2ccc(O)c(OCCCNC(=O)OCC3c4ccccc4-c4ccccc43)c2)NC(=O)[C@@H]2C[C@@H](O)CN2C1=O. The normalized spacial score (nSPS) is 24.3. The quantitative estimate of drug-likeness (QED) is 0.0438. The fourth-order valence-electron chi connectivity index (χ4n) is 13.8. The molecule has 5 aromatic rings. The van der Waals surface area contributed by atoms with E-state index in [4.69, 9.17) is 18.9 Å². The minimum atomic E-state index is -2.17. The molecule has 5 aromatic carbocycles. The molecule has 3 saturated heterocycles. The van der Waals surface area contributed by atoms with E-state index in [1.165, 1.54) is 45.9 Å². The van der Waals surface area contributed by atoms with Crippen molar-refractivity contribution in [3.05, 3.63) is 143 Å². The maximum absolute atomic E-state index is 15.3. The molecule has 13 atom stereocenters. The van der Waals surface area contributed by atoms with Crippen LogP contribution < -0.4 is 42.0 Å². The summed E-state index contributed by atoms with van der Waals surface area (Å²) in [5.74, 6) is -8.90. The Bertz CT molecular complexity index is 3810. The summed E-state index contributed by atoms with van der Waals surface area (Å²) in [6.07, 6.45) is -15.3. The third-order valence-corrected chi connectivity index (χ3v) is 18.8. The summed E-state index contributed by atoms with van der Waals surface area (Å²) in [4.78, 5) is 130. The molecule has 102 heavy (non-hydrogen) atoms. The van der Waals surface area contributed by atoms with E-state index in [1.54, 1.807) is 0 Å². The van der Waals surface area contributed by atoms with Crippen LogP contribution in [0.1, 0.15) is 100.0 Å². The summed E-state index contributed by atoms with van der Waals surface area (Å²) >= 11 is 0. The zero-order chi connectivity index (χ0) is 73.3. The van der Waals surface area contributed by atoms with Gasteiger partial charge in [0.25, 0.3) is 0 Å². The molecule has 0 saturated carbocycles. The van der Waals surface area contributed by atoms with Crippen molar-refractivity contribution in [3.63, 3.8) is 0 Å². The molecule has 0 radical (unpaired) electrons. The molecule has 5 aliphatic rings. The largest absolute Gasteiger partial charge is 0.504 e. The summed E-state index contributed by atoms with van der Waals surface area (Å²) in [6.45, 7) is 5.23. The van der Waals surface area contributed by atoms with Crippen molar-refractivity contribution in [2.45, 2.75) is 157 Å². The average Bonchev–Trinajstić information content (AvgIpc) is 1.62. The molecule has 9 amide bonds. The van der Waals surface area contributed by atoms with Crippen molar-refractivity contribution in [2.75, 3.05) is 52.5 Å². The predicted octanol–water partition coefficient (Wildman–Crippen LogP) is 1.67. The number of β-amino-alcohol motifs (C(OH)–C–C–N with tert-alkyl or cyclic N) is 1. The van der Waals surface area contributed by atoms with Gasteiger partial charge >= 0.3 is 18.3 Å². The number of amides is 9. The smallest absolute Gasteiger partial charge is 0.408 e. The van der Waals surface area contributed by atoms with Crippen molar-refractivity contribution in [1.82, 2.24) is 47.0 Å². The number of aliphatic hydroxyl groups is 6. The first-order valence-electron chi connectivity index (χ1n) is 34.2. The number of fused-ring (bicyclic) bond motifs is 8. The molecular weight excluding hydrogens is 1320 g/mol. The molecule has 3 heterocycles. The summed E-state index contributed by atoms with van der Waals surface area (Å²) in [6, 6.07) is 23.6. The Labute approximate surface area is 588 Å². The molecule has 0 bridgehead atoms. The van der Waals surface area contributed by atoms with Gasteiger partial charge in [0.05, 0.1) is 43.2 Å². The number of nitrogens with zero attached hydrogens (tertiary/aromatic N) is 2. The number of carbonyl (C=O) groups excluding carboxylic acids is 9. The number of hydrogen-bond donors (Lipinski definition) is 14. The molecule has 14 N–H and O–H groups in total. The molecule has 0 spiro atoms. The number of aromatic hydroxyl groups is 1. The van der Waals surface area contributed by atoms with Gasteiger partial charge in [-0.3, -0.25) is 28.8 Å². The van der Waals surface area contributed by atoms with Gasteiger partial charge in [-0.2, -0.15) is 0 Å². The summed E-state index contributed by atoms with van der Waals surface area (Å²) < 4.78 is 22.6. The van der Waals surface area contributed by atoms with E-state index in [9.17, 15) is 69.3 Å². The molecule has 10 rings (SSSR count). The number of ether oxygens (including phenoxy) is 4. The van der Waals surface area contributed by atoms with Crippen LogP contribution in [0.5, 0.6) is 11.5 Å². The van der Waals surface area contributed by atoms with Crippen LogP contribution >= 0.6 is 0 Å². The van der Waals surface area contributed by atoms with Crippen LogP contribution in [0.25, 0.3) is 22.3 Å². The Hall–Kier alpha value is -9.91. The Morgan fingerprint density at radius 2 is 1.14 bits per heavy atom. The van der Waals surface area contributed by atoms with Gasteiger partial charge < -0.3 is 102 Å². The molecule has 29 nitrogen and oxygen atoms in total. The number of nitrogens with one attached hydrogen (secondary N) is 7. The van der Waals surface area contributed by atoms with E-state index in [0.717, 1.165) is 61.2 Å². The fraction of sp³-hybridized carbons (Fsp3) is 0.466. The minimum absolute atomic E-state index is 0.0633. The third kappa shape index (κ3) is 17.7. The maximum atomic E-state index is 15.3. The highest BCUT2D eigenvalue weighted by Gasteiger charge is 2.50. The minimum Gasteiger partial charge on any atom is -0.504 e. The maximum Gasteiger partial charge on any atom is 0.408 e. The summed E-state index contributed by atoms with van der Waals surface area (Å²) in [5, 5.41) is 98.2. The van der Waals surface area contributed by atoms with Gasteiger partial charge in [-0.15, -0.1) is 0 Å². The van der Waals surface area contributed by atoms with Crippen molar-refractivity contribution in [2.24, 2.45) is 5.92 Å². The predicted molar refractivity (Wildman–Crippen MR) is 366 cm³/mol.